The molecule has 0 saturated heterocycles. The number of nitrogens with zero attached hydrogens (tertiary/aromatic N) is 3. The zero-order valence-electron chi connectivity index (χ0n) is 9.01. The molecule has 1 aromatic carbocycles. The third kappa shape index (κ3) is 2.62. The Labute approximate surface area is 111 Å². The highest BCUT2D eigenvalue weighted by Crippen LogP contribution is 2.26. The van der Waals surface area contributed by atoms with Gasteiger partial charge < -0.3 is 5.84 Å². The molecule has 0 aliphatic rings. The minimum Gasteiger partial charge on any atom is -0.334 e. The molecule has 8 heteroatoms. The molecular weight excluding hydrogens is 279 g/mol. The van der Waals surface area contributed by atoms with Crippen molar-refractivity contribution in [1.82, 2.24) is 14.9 Å². The van der Waals surface area contributed by atoms with E-state index in [4.69, 9.17) is 17.4 Å². The SMILES string of the molecule is Nn1c(SCc2c(F)cccc2Cl)nncc1=O. The van der Waals surface area contributed by atoms with Gasteiger partial charge in [-0.25, -0.2) is 4.39 Å². The minimum atomic E-state index is -0.480. The number of nitrogen functional groups attached to an aromatic ring is 1. The van der Waals surface area contributed by atoms with Crippen molar-refractivity contribution in [2.24, 2.45) is 0 Å². The number of benzene rings is 1. The molecule has 94 valence electrons. The summed E-state index contributed by atoms with van der Waals surface area (Å²) in [4.78, 5) is 11.2. The molecule has 2 aromatic rings. The normalized spacial score (nSPS) is 10.6. The molecule has 18 heavy (non-hydrogen) atoms. The number of hydrogen-bond donors (Lipinski definition) is 1. The Morgan fingerprint density at radius 3 is 3.00 bits per heavy atom. The van der Waals surface area contributed by atoms with E-state index in [2.05, 4.69) is 10.2 Å². The lowest BCUT2D eigenvalue weighted by atomic mass is 10.2. The maximum Gasteiger partial charge on any atom is 0.291 e. The zero-order valence-corrected chi connectivity index (χ0v) is 10.6. The smallest absolute Gasteiger partial charge is 0.291 e. The quantitative estimate of drug-likeness (QED) is 0.683. The molecule has 1 aromatic heterocycles. The van der Waals surface area contributed by atoms with Crippen molar-refractivity contribution >= 4 is 23.4 Å². The predicted octanol–water partition coefficient (Wildman–Crippen LogP) is 1.44. The zero-order chi connectivity index (χ0) is 13.1. The lowest BCUT2D eigenvalue weighted by Crippen LogP contribution is -2.29. The molecule has 2 rings (SSSR count). The molecule has 0 fully saturated rings. The first kappa shape index (κ1) is 12.8. The monoisotopic (exact) mass is 286 g/mol. The van der Waals surface area contributed by atoms with E-state index in [1.165, 1.54) is 12.1 Å². The molecule has 0 radical (unpaired) electrons. The van der Waals surface area contributed by atoms with Gasteiger partial charge in [-0.05, 0) is 12.1 Å². The fraction of sp³-hybridized carbons (Fsp3) is 0.100. The first-order chi connectivity index (χ1) is 8.59. The van der Waals surface area contributed by atoms with Crippen LogP contribution in [0.2, 0.25) is 5.02 Å². The highest BCUT2D eigenvalue weighted by atomic mass is 35.5. The summed E-state index contributed by atoms with van der Waals surface area (Å²) < 4.78 is 14.4. The van der Waals surface area contributed by atoms with Gasteiger partial charge in [0.25, 0.3) is 5.56 Å². The van der Waals surface area contributed by atoms with Gasteiger partial charge in [0.2, 0.25) is 5.16 Å². The Kier molecular flexibility index (Phi) is 3.83. The molecule has 0 atom stereocenters. The van der Waals surface area contributed by atoms with Crippen LogP contribution in [0.4, 0.5) is 4.39 Å². The largest absolute Gasteiger partial charge is 0.334 e. The Bertz CT molecular complexity index is 613. The van der Waals surface area contributed by atoms with Gasteiger partial charge in [-0.2, -0.15) is 9.77 Å². The number of halogens is 2. The Hall–Kier alpha value is -1.60. The van der Waals surface area contributed by atoms with Crippen LogP contribution in [-0.4, -0.2) is 14.9 Å². The average molecular weight is 287 g/mol. The summed E-state index contributed by atoms with van der Waals surface area (Å²) in [7, 11) is 0. The number of aromatic nitrogens is 3. The highest BCUT2D eigenvalue weighted by Gasteiger charge is 2.10. The third-order valence-electron chi connectivity index (χ3n) is 2.16. The number of hydrogen-bond acceptors (Lipinski definition) is 5. The lowest BCUT2D eigenvalue weighted by Gasteiger charge is -2.06. The van der Waals surface area contributed by atoms with E-state index in [0.717, 1.165) is 22.6 Å². The van der Waals surface area contributed by atoms with Crippen LogP contribution in [0, 0.1) is 5.82 Å². The molecule has 0 aliphatic carbocycles. The van der Waals surface area contributed by atoms with Crippen LogP contribution < -0.4 is 11.4 Å². The first-order valence-corrected chi connectivity index (χ1v) is 6.21. The Morgan fingerprint density at radius 2 is 2.28 bits per heavy atom. The maximum atomic E-state index is 13.5. The van der Waals surface area contributed by atoms with Crippen LogP contribution in [0.15, 0.2) is 34.3 Å². The van der Waals surface area contributed by atoms with Crippen molar-refractivity contribution in [2.75, 3.05) is 5.84 Å². The highest BCUT2D eigenvalue weighted by molar-refractivity contribution is 7.98. The summed E-state index contributed by atoms with van der Waals surface area (Å²) in [5.74, 6) is 5.27. The van der Waals surface area contributed by atoms with Gasteiger partial charge in [0.1, 0.15) is 12.0 Å². The van der Waals surface area contributed by atoms with E-state index < -0.39 is 11.4 Å². The number of nitrogens with two attached hydrogens (primary N) is 1. The second kappa shape index (κ2) is 5.36. The maximum absolute atomic E-state index is 13.5. The van der Waals surface area contributed by atoms with Gasteiger partial charge in [0, 0.05) is 16.3 Å². The van der Waals surface area contributed by atoms with Gasteiger partial charge in [-0.15, -0.1) is 5.10 Å². The number of thioether (sulfide) groups is 1. The van der Waals surface area contributed by atoms with Crippen LogP contribution in [0.1, 0.15) is 5.56 Å². The molecule has 0 unspecified atom stereocenters. The second-order valence-electron chi connectivity index (χ2n) is 3.32. The molecule has 0 aliphatic heterocycles. The fourth-order valence-electron chi connectivity index (χ4n) is 1.24. The molecule has 5 nitrogen and oxygen atoms in total. The summed E-state index contributed by atoms with van der Waals surface area (Å²) in [6.45, 7) is 0. The van der Waals surface area contributed by atoms with Crippen molar-refractivity contribution in [1.29, 1.82) is 0 Å². The first-order valence-electron chi connectivity index (χ1n) is 4.85. The van der Waals surface area contributed by atoms with Crippen molar-refractivity contribution < 1.29 is 4.39 Å². The summed E-state index contributed by atoms with van der Waals surface area (Å²) in [5, 5.41) is 7.70. The fourth-order valence-corrected chi connectivity index (χ4v) is 2.45. The van der Waals surface area contributed by atoms with Gasteiger partial charge >= 0.3 is 0 Å². The van der Waals surface area contributed by atoms with Gasteiger partial charge in [-0.3, -0.25) is 4.79 Å². The summed E-state index contributed by atoms with van der Waals surface area (Å²) >= 11 is 6.96. The van der Waals surface area contributed by atoms with Crippen molar-refractivity contribution in [3.8, 4) is 0 Å². The standard InChI is InChI=1S/C10H8ClFN4OS/c11-7-2-1-3-8(12)6(7)5-18-10-15-14-4-9(17)16(10)13/h1-4H,5,13H2. The van der Waals surface area contributed by atoms with Gasteiger partial charge in [-0.1, -0.05) is 29.4 Å². The third-order valence-corrected chi connectivity index (χ3v) is 3.49. The van der Waals surface area contributed by atoms with Crippen LogP contribution in [-0.2, 0) is 5.75 Å². The van der Waals surface area contributed by atoms with E-state index in [9.17, 15) is 9.18 Å². The Balaban J connectivity index is 2.22. The molecular formula is C10H8ClFN4OS. The van der Waals surface area contributed by atoms with Crippen molar-refractivity contribution in [3.63, 3.8) is 0 Å². The molecule has 0 bridgehead atoms. The van der Waals surface area contributed by atoms with Crippen molar-refractivity contribution in [2.45, 2.75) is 10.9 Å². The van der Waals surface area contributed by atoms with E-state index in [0.29, 0.717) is 10.6 Å². The topological polar surface area (TPSA) is 73.8 Å². The van der Waals surface area contributed by atoms with Gasteiger partial charge in [0.05, 0.1) is 0 Å². The van der Waals surface area contributed by atoms with Crippen LogP contribution in [0.25, 0.3) is 0 Å². The van der Waals surface area contributed by atoms with Crippen LogP contribution >= 0.6 is 23.4 Å². The molecule has 0 amide bonds. The summed E-state index contributed by atoms with van der Waals surface area (Å²) in [5.41, 5.74) is -0.144. The van der Waals surface area contributed by atoms with E-state index in [-0.39, 0.29) is 10.9 Å². The Morgan fingerprint density at radius 1 is 1.50 bits per heavy atom. The molecule has 2 N–H and O–H groups in total. The summed E-state index contributed by atoms with van der Waals surface area (Å²) in [6.07, 6.45) is 1.00. The van der Waals surface area contributed by atoms with Crippen LogP contribution in [0.3, 0.4) is 0 Å². The number of rotatable bonds is 3. The molecule has 0 spiro atoms. The molecule has 0 saturated carbocycles. The van der Waals surface area contributed by atoms with Crippen molar-refractivity contribution in [3.05, 3.63) is 51.2 Å². The van der Waals surface area contributed by atoms with Gasteiger partial charge in [0.15, 0.2) is 0 Å². The average Bonchev–Trinajstić information content (AvgIpc) is 2.33. The van der Waals surface area contributed by atoms with E-state index >= 15 is 0 Å². The lowest BCUT2D eigenvalue weighted by molar-refractivity contribution is 0.617. The van der Waals surface area contributed by atoms with E-state index in [1.807, 2.05) is 0 Å². The predicted molar refractivity (Wildman–Crippen MR) is 67.4 cm³/mol. The van der Waals surface area contributed by atoms with Crippen LogP contribution in [0.5, 0.6) is 0 Å². The summed E-state index contributed by atoms with van der Waals surface area (Å²) in [6, 6.07) is 4.42. The molecule has 1 heterocycles. The minimum absolute atomic E-state index is 0.196. The second-order valence-corrected chi connectivity index (χ2v) is 4.67. The van der Waals surface area contributed by atoms with E-state index in [1.54, 1.807) is 6.07 Å².